The van der Waals surface area contributed by atoms with Gasteiger partial charge in [0.2, 0.25) is 5.91 Å². The first-order chi connectivity index (χ1) is 9.58. The van der Waals surface area contributed by atoms with Crippen LogP contribution in [0, 0.1) is 5.82 Å². The lowest BCUT2D eigenvalue weighted by Gasteiger charge is -2.23. The molecular formula is C15H17FN2O2. The standard InChI is InChI=1S/C15H17FN2O2/c1-11(14-8-9-20-17-14)18(2)15(19)7-6-12-4-3-5-13(16)10-12/h3-5,8-11H,6-7H2,1-2H3/t11-/m1/s1. The molecule has 1 heterocycles. The Morgan fingerprint density at radius 3 is 2.90 bits per heavy atom. The molecule has 0 aliphatic heterocycles. The van der Waals surface area contributed by atoms with Gasteiger partial charge < -0.3 is 9.42 Å². The van der Waals surface area contributed by atoms with Crippen LogP contribution in [-0.4, -0.2) is 23.0 Å². The summed E-state index contributed by atoms with van der Waals surface area (Å²) >= 11 is 0. The van der Waals surface area contributed by atoms with Crippen molar-refractivity contribution < 1.29 is 13.7 Å². The highest BCUT2D eigenvalue weighted by molar-refractivity contribution is 5.76. The van der Waals surface area contributed by atoms with Gasteiger partial charge in [-0.15, -0.1) is 0 Å². The molecule has 1 amide bonds. The highest BCUT2D eigenvalue weighted by Gasteiger charge is 2.19. The third-order valence-electron chi connectivity index (χ3n) is 3.38. The molecule has 106 valence electrons. The van der Waals surface area contributed by atoms with E-state index in [1.807, 2.05) is 13.0 Å². The fourth-order valence-corrected chi connectivity index (χ4v) is 1.97. The Balaban J connectivity index is 1.91. The zero-order valence-electron chi connectivity index (χ0n) is 11.5. The van der Waals surface area contributed by atoms with E-state index in [0.29, 0.717) is 18.5 Å². The smallest absolute Gasteiger partial charge is 0.223 e. The van der Waals surface area contributed by atoms with Crippen LogP contribution in [0.2, 0.25) is 0 Å². The molecule has 0 fully saturated rings. The lowest BCUT2D eigenvalue weighted by molar-refractivity contribution is -0.131. The minimum Gasteiger partial charge on any atom is -0.364 e. The van der Waals surface area contributed by atoms with E-state index in [2.05, 4.69) is 5.16 Å². The number of aryl methyl sites for hydroxylation is 1. The summed E-state index contributed by atoms with van der Waals surface area (Å²) in [7, 11) is 1.73. The Morgan fingerprint density at radius 2 is 2.25 bits per heavy atom. The van der Waals surface area contributed by atoms with Gasteiger partial charge in [0.1, 0.15) is 17.8 Å². The lowest BCUT2D eigenvalue weighted by atomic mass is 10.1. The average molecular weight is 276 g/mol. The zero-order chi connectivity index (χ0) is 14.5. The van der Waals surface area contributed by atoms with E-state index in [1.165, 1.54) is 18.4 Å². The summed E-state index contributed by atoms with van der Waals surface area (Å²) in [5.74, 6) is -0.288. The fraction of sp³-hybridized carbons (Fsp3) is 0.333. The number of carbonyl (C=O) groups is 1. The topological polar surface area (TPSA) is 46.3 Å². The van der Waals surface area contributed by atoms with Crippen molar-refractivity contribution >= 4 is 5.91 Å². The molecule has 0 unspecified atom stereocenters. The van der Waals surface area contributed by atoms with Crippen LogP contribution < -0.4 is 0 Å². The summed E-state index contributed by atoms with van der Waals surface area (Å²) in [5, 5.41) is 3.83. The highest BCUT2D eigenvalue weighted by Crippen LogP contribution is 2.18. The number of carbonyl (C=O) groups excluding carboxylic acids is 1. The number of amides is 1. The van der Waals surface area contributed by atoms with Crippen LogP contribution in [0.15, 0.2) is 41.1 Å². The number of hydrogen-bond acceptors (Lipinski definition) is 3. The fourth-order valence-electron chi connectivity index (χ4n) is 1.97. The van der Waals surface area contributed by atoms with Crippen LogP contribution in [0.1, 0.15) is 30.6 Å². The predicted molar refractivity (Wildman–Crippen MR) is 72.4 cm³/mol. The largest absolute Gasteiger partial charge is 0.364 e. The second-order valence-corrected chi connectivity index (χ2v) is 4.73. The summed E-state index contributed by atoms with van der Waals surface area (Å²) < 4.78 is 17.8. The first kappa shape index (κ1) is 14.2. The van der Waals surface area contributed by atoms with Gasteiger partial charge in [-0.05, 0) is 31.0 Å². The number of benzene rings is 1. The van der Waals surface area contributed by atoms with E-state index < -0.39 is 0 Å². The Hall–Kier alpha value is -2.17. The molecule has 4 nitrogen and oxygen atoms in total. The van der Waals surface area contributed by atoms with Crippen molar-refractivity contribution in [3.05, 3.63) is 53.7 Å². The van der Waals surface area contributed by atoms with Crippen molar-refractivity contribution in [2.45, 2.75) is 25.8 Å². The molecule has 0 aliphatic rings. The summed E-state index contributed by atoms with van der Waals surface area (Å²) in [5.41, 5.74) is 1.53. The highest BCUT2D eigenvalue weighted by atomic mass is 19.1. The van der Waals surface area contributed by atoms with Gasteiger partial charge in [0.05, 0.1) is 6.04 Å². The SMILES string of the molecule is C[C@H](c1ccon1)N(C)C(=O)CCc1cccc(F)c1. The number of nitrogens with zero attached hydrogens (tertiary/aromatic N) is 2. The summed E-state index contributed by atoms with van der Waals surface area (Å²) in [6.07, 6.45) is 2.34. The minimum absolute atomic E-state index is 0.00948. The molecule has 1 aromatic carbocycles. The van der Waals surface area contributed by atoms with E-state index in [4.69, 9.17) is 4.52 Å². The molecule has 2 rings (SSSR count). The van der Waals surface area contributed by atoms with E-state index in [9.17, 15) is 9.18 Å². The number of hydrogen-bond donors (Lipinski definition) is 0. The Bertz CT molecular complexity index is 569. The number of aromatic nitrogens is 1. The van der Waals surface area contributed by atoms with Crippen molar-refractivity contribution in [2.75, 3.05) is 7.05 Å². The van der Waals surface area contributed by atoms with Crippen LogP contribution in [0.4, 0.5) is 4.39 Å². The second-order valence-electron chi connectivity index (χ2n) is 4.73. The van der Waals surface area contributed by atoms with Crippen molar-refractivity contribution in [3.63, 3.8) is 0 Å². The maximum Gasteiger partial charge on any atom is 0.223 e. The maximum absolute atomic E-state index is 13.1. The minimum atomic E-state index is -0.278. The van der Waals surface area contributed by atoms with Gasteiger partial charge in [0, 0.05) is 19.5 Å². The van der Waals surface area contributed by atoms with Crippen LogP contribution in [-0.2, 0) is 11.2 Å². The van der Waals surface area contributed by atoms with E-state index in [1.54, 1.807) is 24.1 Å². The summed E-state index contributed by atoms with van der Waals surface area (Å²) in [6, 6.07) is 7.90. The first-order valence-corrected chi connectivity index (χ1v) is 6.48. The number of halogens is 1. The van der Waals surface area contributed by atoms with E-state index in [-0.39, 0.29) is 17.8 Å². The van der Waals surface area contributed by atoms with Crippen molar-refractivity contribution in [1.82, 2.24) is 10.1 Å². The van der Waals surface area contributed by atoms with Gasteiger partial charge in [0.25, 0.3) is 0 Å². The first-order valence-electron chi connectivity index (χ1n) is 6.48. The Morgan fingerprint density at radius 1 is 1.45 bits per heavy atom. The van der Waals surface area contributed by atoms with Gasteiger partial charge in [-0.3, -0.25) is 4.79 Å². The molecule has 2 aromatic rings. The van der Waals surface area contributed by atoms with E-state index in [0.717, 1.165) is 5.56 Å². The van der Waals surface area contributed by atoms with Gasteiger partial charge in [-0.25, -0.2) is 4.39 Å². The molecule has 0 aliphatic carbocycles. The monoisotopic (exact) mass is 276 g/mol. The maximum atomic E-state index is 13.1. The second kappa shape index (κ2) is 6.32. The molecule has 1 aromatic heterocycles. The third kappa shape index (κ3) is 3.44. The molecule has 1 atom stereocenters. The van der Waals surface area contributed by atoms with Crippen molar-refractivity contribution in [3.8, 4) is 0 Å². The molecule has 0 saturated carbocycles. The summed E-state index contributed by atoms with van der Waals surface area (Å²) in [4.78, 5) is 13.7. The summed E-state index contributed by atoms with van der Waals surface area (Å²) in [6.45, 7) is 1.89. The van der Waals surface area contributed by atoms with E-state index >= 15 is 0 Å². The third-order valence-corrected chi connectivity index (χ3v) is 3.38. The quantitative estimate of drug-likeness (QED) is 0.843. The van der Waals surface area contributed by atoms with Crippen molar-refractivity contribution in [2.24, 2.45) is 0 Å². The molecule has 0 bridgehead atoms. The molecular weight excluding hydrogens is 259 g/mol. The average Bonchev–Trinajstić information content (AvgIpc) is 2.97. The molecule has 20 heavy (non-hydrogen) atoms. The normalized spacial score (nSPS) is 12.2. The zero-order valence-corrected chi connectivity index (χ0v) is 11.5. The number of rotatable bonds is 5. The Labute approximate surface area is 117 Å². The Kier molecular flexibility index (Phi) is 4.50. The molecule has 0 spiro atoms. The van der Waals surface area contributed by atoms with Crippen molar-refractivity contribution in [1.29, 1.82) is 0 Å². The van der Waals surface area contributed by atoms with Gasteiger partial charge >= 0.3 is 0 Å². The predicted octanol–water partition coefficient (Wildman–Crippen LogP) is 2.97. The molecule has 0 radical (unpaired) electrons. The molecule has 5 heteroatoms. The molecule has 0 N–H and O–H groups in total. The van der Waals surface area contributed by atoms with Gasteiger partial charge in [0.15, 0.2) is 0 Å². The van der Waals surface area contributed by atoms with Crippen LogP contribution in [0.5, 0.6) is 0 Å². The van der Waals surface area contributed by atoms with Crippen LogP contribution >= 0.6 is 0 Å². The van der Waals surface area contributed by atoms with Gasteiger partial charge in [-0.1, -0.05) is 17.3 Å². The van der Waals surface area contributed by atoms with Crippen LogP contribution in [0.25, 0.3) is 0 Å². The molecule has 0 saturated heterocycles. The van der Waals surface area contributed by atoms with Gasteiger partial charge in [-0.2, -0.15) is 0 Å². The van der Waals surface area contributed by atoms with Crippen LogP contribution in [0.3, 0.4) is 0 Å². The lowest BCUT2D eigenvalue weighted by Crippen LogP contribution is -2.30.